The summed E-state index contributed by atoms with van der Waals surface area (Å²) in [5.41, 5.74) is 0.248. The molecule has 3 rings (SSSR count). The molecule has 3 unspecified atom stereocenters. The summed E-state index contributed by atoms with van der Waals surface area (Å²) in [5, 5.41) is 3.73. The normalized spacial score (nSPS) is 32.8. The molecule has 0 radical (unpaired) electrons. The Kier molecular flexibility index (Phi) is 4.16. The van der Waals surface area contributed by atoms with Crippen LogP contribution in [0.25, 0.3) is 0 Å². The molecule has 3 fully saturated rings. The molecule has 2 aliphatic carbocycles. The summed E-state index contributed by atoms with van der Waals surface area (Å²) in [6, 6.07) is 0.531. The molecule has 3 aliphatic rings. The number of nitrogens with one attached hydrogen (secondary N) is 1. The fraction of sp³-hybridized carbons (Fsp3) is 1.00. The van der Waals surface area contributed by atoms with Crippen molar-refractivity contribution in [1.82, 2.24) is 5.32 Å². The van der Waals surface area contributed by atoms with Gasteiger partial charge in [-0.1, -0.05) is 6.92 Å². The highest BCUT2D eigenvalue weighted by Gasteiger charge is 2.47. The van der Waals surface area contributed by atoms with E-state index in [-0.39, 0.29) is 5.60 Å². The lowest BCUT2D eigenvalue weighted by molar-refractivity contribution is -0.152. The Morgan fingerprint density at radius 3 is 2.58 bits per heavy atom. The molecule has 1 heterocycles. The maximum Gasteiger partial charge on any atom is 0.0755 e. The third-order valence-corrected chi connectivity index (χ3v) is 5.46. The Hall–Kier alpha value is -0.120. The first-order chi connectivity index (χ1) is 9.28. The van der Waals surface area contributed by atoms with Crippen LogP contribution in [0.3, 0.4) is 0 Å². The Bertz CT molecular complexity index is 299. The summed E-state index contributed by atoms with van der Waals surface area (Å²) in [6.07, 6.45) is 9.49. The number of rotatable bonds is 6. The summed E-state index contributed by atoms with van der Waals surface area (Å²) < 4.78 is 11.9. The monoisotopic (exact) mass is 267 g/mol. The van der Waals surface area contributed by atoms with Crippen LogP contribution in [0.2, 0.25) is 0 Å². The molecule has 1 saturated heterocycles. The van der Waals surface area contributed by atoms with Gasteiger partial charge in [0.05, 0.1) is 11.7 Å². The van der Waals surface area contributed by atoms with Gasteiger partial charge < -0.3 is 14.8 Å². The fourth-order valence-corrected chi connectivity index (χ4v) is 4.14. The molecule has 1 N–H and O–H groups in total. The minimum Gasteiger partial charge on any atom is -0.380 e. The van der Waals surface area contributed by atoms with Crippen molar-refractivity contribution in [3.05, 3.63) is 0 Å². The SMILES string of the molecule is CCNC(C1CCOC2(CCC2)C1)C(OC)C1CC1. The molecule has 0 aromatic heterocycles. The molecule has 0 aromatic carbocycles. The van der Waals surface area contributed by atoms with E-state index in [1.54, 1.807) is 0 Å². The van der Waals surface area contributed by atoms with Gasteiger partial charge in [0.2, 0.25) is 0 Å². The summed E-state index contributed by atoms with van der Waals surface area (Å²) in [6.45, 7) is 4.21. The van der Waals surface area contributed by atoms with Crippen LogP contribution >= 0.6 is 0 Å². The van der Waals surface area contributed by atoms with Crippen LogP contribution in [0.15, 0.2) is 0 Å². The molecule has 1 spiro atoms. The standard InChI is InChI=1S/C16H29NO2/c1-3-17-14(15(18-2)12-5-6-12)13-7-10-19-16(11-13)8-4-9-16/h12-15,17H,3-11H2,1-2H3. The highest BCUT2D eigenvalue weighted by Crippen LogP contribution is 2.47. The third kappa shape index (κ3) is 2.84. The fourth-order valence-electron chi connectivity index (χ4n) is 4.14. The Morgan fingerprint density at radius 2 is 2.05 bits per heavy atom. The molecule has 3 nitrogen and oxygen atoms in total. The molecule has 19 heavy (non-hydrogen) atoms. The van der Waals surface area contributed by atoms with Gasteiger partial charge in [-0.25, -0.2) is 0 Å². The summed E-state index contributed by atoms with van der Waals surface area (Å²) in [7, 11) is 1.89. The molecule has 0 aromatic rings. The van der Waals surface area contributed by atoms with E-state index in [0.717, 1.165) is 25.0 Å². The van der Waals surface area contributed by atoms with Crippen molar-refractivity contribution in [3.63, 3.8) is 0 Å². The molecule has 0 amide bonds. The van der Waals surface area contributed by atoms with Gasteiger partial charge in [0.15, 0.2) is 0 Å². The Balaban J connectivity index is 1.67. The van der Waals surface area contributed by atoms with Gasteiger partial charge in [0.1, 0.15) is 0 Å². The second-order valence-electron chi connectivity index (χ2n) is 6.76. The lowest BCUT2D eigenvalue weighted by atomic mass is 9.69. The maximum absolute atomic E-state index is 6.08. The highest BCUT2D eigenvalue weighted by molar-refractivity contribution is 5.00. The van der Waals surface area contributed by atoms with E-state index in [0.29, 0.717) is 12.1 Å². The number of ether oxygens (including phenoxy) is 2. The van der Waals surface area contributed by atoms with Crippen LogP contribution < -0.4 is 5.32 Å². The van der Waals surface area contributed by atoms with E-state index in [4.69, 9.17) is 9.47 Å². The molecule has 1 aliphatic heterocycles. The van der Waals surface area contributed by atoms with E-state index in [9.17, 15) is 0 Å². The van der Waals surface area contributed by atoms with Crippen LogP contribution in [0, 0.1) is 11.8 Å². The van der Waals surface area contributed by atoms with Crippen molar-refractivity contribution >= 4 is 0 Å². The number of methoxy groups -OCH3 is 1. The third-order valence-electron chi connectivity index (χ3n) is 5.46. The topological polar surface area (TPSA) is 30.5 Å². The quantitative estimate of drug-likeness (QED) is 0.802. The average molecular weight is 267 g/mol. The highest BCUT2D eigenvalue weighted by atomic mass is 16.5. The van der Waals surface area contributed by atoms with Crippen LogP contribution in [0.1, 0.15) is 51.9 Å². The van der Waals surface area contributed by atoms with E-state index >= 15 is 0 Å². The zero-order valence-electron chi connectivity index (χ0n) is 12.5. The van der Waals surface area contributed by atoms with Gasteiger partial charge in [-0.2, -0.15) is 0 Å². The summed E-state index contributed by atoms with van der Waals surface area (Å²) in [5.74, 6) is 1.54. The van der Waals surface area contributed by atoms with Crippen molar-refractivity contribution in [2.75, 3.05) is 20.3 Å². The van der Waals surface area contributed by atoms with Crippen molar-refractivity contribution in [3.8, 4) is 0 Å². The van der Waals surface area contributed by atoms with Crippen LogP contribution in [-0.4, -0.2) is 38.0 Å². The summed E-state index contributed by atoms with van der Waals surface area (Å²) in [4.78, 5) is 0. The zero-order valence-corrected chi connectivity index (χ0v) is 12.5. The smallest absolute Gasteiger partial charge is 0.0755 e. The maximum atomic E-state index is 6.08. The van der Waals surface area contributed by atoms with E-state index in [1.165, 1.54) is 44.9 Å². The van der Waals surface area contributed by atoms with Gasteiger partial charge in [0.25, 0.3) is 0 Å². The van der Waals surface area contributed by atoms with Gasteiger partial charge >= 0.3 is 0 Å². The van der Waals surface area contributed by atoms with Crippen molar-refractivity contribution in [2.45, 2.75) is 69.6 Å². The second kappa shape index (κ2) is 5.71. The van der Waals surface area contributed by atoms with Gasteiger partial charge in [-0.05, 0) is 63.3 Å². The van der Waals surface area contributed by atoms with Crippen LogP contribution in [0.5, 0.6) is 0 Å². The minimum absolute atomic E-state index is 0.248. The minimum atomic E-state index is 0.248. The number of hydrogen-bond acceptors (Lipinski definition) is 3. The Labute approximate surface area is 117 Å². The molecular formula is C16H29NO2. The van der Waals surface area contributed by atoms with Crippen LogP contribution in [-0.2, 0) is 9.47 Å². The summed E-state index contributed by atoms with van der Waals surface area (Å²) >= 11 is 0. The first kappa shape index (κ1) is 13.8. The number of hydrogen-bond donors (Lipinski definition) is 1. The van der Waals surface area contributed by atoms with Gasteiger partial charge in [-0.15, -0.1) is 0 Å². The van der Waals surface area contributed by atoms with Crippen LogP contribution in [0.4, 0.5) is 0 Å². The molecule has 110 valence electrons. The van der Waals surface area contributed by atoms with Crippen molar-refractivity contribution < 1.29 is 9.47 Å². The zero-order chi connectivity index (χ0) is 13.3. The van der Waals surface area contributed by atoms with E-state index < -0.39 is 0 Å². The van der Waals surface area contributed by atoms with Gasteiger partial charge in [-0.3, -0.25) is 0 Å². The van der Waals surface area contributed by atoms with E-state index in [1.807, 2.05) is 7.11 Å². The Morgan fingerprint density at radius 1 is 1.26 bits per heavy atom. The first-order valence-electron chi connectivity index (χ1n) is 8.18. The number of likely N-dealkylation sites (N-methyl/N-ethyl adjacent to an activating group) is 1. The second-order valence-corrected chi connectivity index (χ2v) is 6.76. The molecule has 3 atom stereocenters. The lowest BCUT2D eigenvalue weighted by Gasteiger charge is -2.49. The van der Waals surface area contributed by atoms with Gasteiger partial charge in [0, 0.05) is 19.8 Å². The van der Waals surface area contributed by atoms with Crippen molar-refractivity contribution in [1.29, 1.82) is 0 Å². The predicted molar refractivity (Wildman–Crippen MR) is 76.2 cm³/mol. The largest absolute Gasteiger partial charge is 0.380 e. The molecule has 0 bridgehead atoms. The predicted octanol–water partition coefficient (Wildman–Crippen LogP) is 2.74. The molecular weight excluding hydrogens is 238 g/mol. The lowest BCUT2D eigenvalue weighted by Crippen LogP contribution is -2.54. The van der Waals surface area contributed by atoms with Crippen molar-refractivity contribution in [2.24, 2.45) is 11.8 Å². The van der Waals surface area contributed by atoms with E-state index in [2.05, 4.69) is 12.2 Å². The molecule has 3 heteroatoms. The first-order valence-corrected chi connectivity index (χ1v) is 8.18. The molecule has 2 saturated carbocycles. The average Bonchev–Trinajstić information content (AvgIpc) is 3.22.